The fourth-order valence-electron chi connectivity index (χ4n) is 3.28. The normalized spacial score (nSPS) is 28.9. The van der Waals surface area contributed by atoms with Crippen LogP contribution in [0.1, 0.15) is 39.5 Å². The first kappa shape index (κ1) is 14.7. The lowest BCUT2D eigenvalue weighted by molar-refractivity contribution is -0.152. The highest BCUT2D eigenvalue weighted by molar-refractivity contribution is 7.80. The maximum absolute atomic E-state index is 12.7. The molecule has 3 atom stereocenters. The molecule has 0 spiro atoms. The summed E-state index contributed by atoms with van der Waals surface area (Å²) in [5, 5.41) is 0. The van der Waals surface area contributed by atoms with Gasteiger partial charge in [-0.15, -0.1) is 0 Å². The number of hydrogen-bond acceptors (Lipinski definition) is 3. The lowest BCUT2D eigenvalue weighted by atomic mass is 9.87. The lowest BCUT2D eigenvalue weighted by Crippen LogP contribution is -2.57. The van der Waals surface area contributed by atoms with E-state index < -0.39 is 0 Å². The predicted molar refractivity (Wildman–Crippen MR) is 78.8 cm³/mol. The number of fused-ring (bicyclic) bond motifs is 1. The predicted octanol–water partition coefficient (Wildman–Crippen LogP) is 1.71. The van der Waals surface area contributed by atoms with Gasteiger partial charge in [-0.25, -0.2) is 0 Å². The molecule has 2 aliphatic rings. The average Bonchev–Trinajstić information content (AvgIpc) is 2.37. The third-order valence-electron chi connectivity index (χ3n) is 4.25. The molecule has 0 aromatic rings. The van der Waals surface area contributed by atoms with Crippen molar-refractivity contribution >= 4 is 23.1 Å². The first-order valence-corrected chi connectivity index (χ1v) is 7.64. The molecule has 2 N–H and O–H groups in total. The first-order chi connectivity index (χ1) is 9.02. The van der Waals surface area contributed by atoms with Crippen molar-refractivity contribution in [2.24, 2.45) is 17.6 Å². The van der Waals surface area contributed by atoms with Crippen molar-refractivity contribution in [3.05, 3.63) is 0 Å². The molecule has 19 heavy (non-hydrogen) atoms. The Kier molecular flexibility index (Phi) is 4.79. The van der Waals surface area contributed by atoms with Crippen LogP contribution < -0.4 is 5.73 Å². The van der Waals surface area contributed by atoms with E-state index in [4.69, 9.17) is 22.7 Å². The molecular formula is C14H24N2O2S. The minimum Gasteiger partial charge on any atom is -0.393 e. The first-order valence-electron chi connectivity index (χ1n) is 7.23. The summed E-state index contributed by atoms with van der Waals surface area (Å²) in [6.07, 6.45) is 4.69. The molecule has 5 heteroatoms. The van der Waals surface area contributed by atoms with E-state index in [0.29, 0.717) is 18.1 Å². The van der Waals surface area contributed by atoms with Gasteiger partial charge in [0.15, 0.2) is 0 Å². The Bertz CT molecular complexity index is 357. The van der Waals surface area contributed by atoms with Gasteiger partial charge in [0.1, 0.15) is 0 Å². The zero-order valence-electron chi connectivity index (χ0n) is 11.8. The molecule has 108 valence electrons. The van der Waals surface area contributed by atoms with E-state index in [1.165, 1.54) is 12.8 Å². The highest BCUT2D eigenvalue weighted by Crippen LogP contribution is 2.30. The van der Waals surface area contributed by atoms with Crippen LogP contribution >= 0.6 is 12.2 Å². The maximum atomic E-state index is 12.7. The number of thiocarbonyl (C=S) groups is 1. The monoisotopic (exact) mass is 284 g/mol. The van der Waals surface area contributed by atoms with E-state index in [9.17, 15) is 4.79 Å². The minimum absolute atomic E-state index is 0.0997. The molecule has 1 saturated heterocycles. The van der Waals surface area contributed by atoms with Gasteiger partial charge in [-0.05, 0) is 18.8 Å². The summed E-state index contributed by atoms with van der Waals surface area (Å²) >= 11 is 5.08. The third kappa shape index (κ3) is 3.08. The van der Waals surface area contributed by atoms with Gasteiger partial charge in [0.05, 0.1) is 29.7 Å². The van der Waals surface area contributed by atoms with E-state index in [-0.39, 0.29) is 29.9 Å². The van der Waals surface area contributed by atoms with Gasteiger partial charge in [0.2, 0.25) is 5.91 Å². The number of ether oxygens (including phenoxy) is 1. The summed E-state index contributed by atoms with van der Waals surface area (Å²) in [7, 11) is 0. The largest absolute Gasteiger partial charge is 0.393 e. The fourth-order valence-corrected chi connectivity index (χ4v) is 3.66. The Labute approximate surface area is 120 Å². The van der Waals surface area contributed by atoms with Crippen LogP contribution in [-0.2, 0) is 9.53 Å². The van der Waals surface area contributed by atoms with Crippen LogP contribution in [0.3, 0.4) is 0 Å². The van der Waals surface area contributed by atoms with Gasteiger partial charge in [0.25, 0.3) is 0 Å². The number of hydrogen-bond donors (Lipinski definition) is 1. The van der Waals surface area contributed by atoms with Gasteiger partial charge >= 0.3 is 0 Å². The Morgan fingerprint density at radius 2 is 2.05 bits per heavy atom. The van der Waals surface area contributed by atoms with Gasteiger partial charge in [-0.1, -0.05) is 38.9 Å². The number of carbonyl (C=O) groups excluding carboxylic acids is 1. The summed E-state index contributed by atoms with van der Waals surface area (Å²) in [5.41, 5.74) is 5.77. The maximum Gasteiger partial charge on any atom is 0.233 e. The minimum atomic E-state index is -0.337. The smallest absolute Gasteiger partial charge is 0.233 e. The molecule has 0 radical (unpaired) electrons. The van der Waals surface area contributed by atoms with Crippen LogP contribution in [0.25, 0.3) is 0 Å². The molecular weight excluding hydrogens is 260 g/mol. The van der Waals surface area contributed by atoms with Crippen LogP contribution in [0.4, 0.5) is 0 Å². The van der Waals surface area contributed by atoms with Crippen molar-refractivity contribution in [2.75, 3.05) is 13.2 Å². The van der Waals surface area contributed by atoms with Crippen molar-refractivity contribution in [1.82, 2.24) is 4.90 Å². The van der Waals surface area contributed by atoms with Crippen LogP contribution in [-0.4, -0.2) is 41.1 Å². The molecule has 1 heterocycles. The summed E-state index contributed by atoms with van der Waals surface area (Å²) in [6.45, 7) is 5.31. The highest BCUT2D eigenvalue weighted by atomic mass is 32.1. The number of carbonyl (C=O) groups is 1. The molecule has 1 aliphatic carbocycles. The number of nitrogens with zero attached hydrogens (tertiary/aromatic N) is 1. The Morgan fingerprint density at radius 3 is 2.68 bits per heavy atom. The molecule has 2 fully saturated rings. The molecule has 1 amide bonds. The third-order valence-corrected chi connectivity index (χ3v) is 4.51. The van der Waals surface area contributed by atoms with Crippen molar-refractivity contribution in [3.8, 4) is 0 Å². The van der Waals surface area contributed by atoms with Gasteiger partial charge < -0.3 is 15.4 Å². The van der Waals surface area contributed by atoms with E-state index in [1.807, 2.05) is 18.7 Å². The van der Waals surface area contributed by atoms with Gasteiger partial charge in [0, 0.05) is 6.54 Å². The fraction of sp³-hybridized carbons (Fsp3) is 0.857. The molecule has 4 nitrogen and oxygen atoms in total. The Hall–Kier alpha value is -0.680. The van der Waals surface area contributed by atoms with Crippen LogP contribution in [0, 0.1) is 11.8 Å². The van der Waals surface area contributed by atoms with Crippen LogP contribution in [0.5, 0.6) is 0 Å². The van der Waals surface area contributed by atoms with E-state index in [2.05, 4.69) is 0 Å². The lowest BCUT2D eigenvalue weighted by Gasteiger charge is -2.45. The second-order valence-electron chi connectivity index (χ2n) is 5.92. The summed E-state index contributed by atoms with van der Waals surface area (Å²) < 4.78 is 5.80. The van der Waals surface area contributed by atoms with Gasteiger partial charge in [-0.2, -0.15) is 0 Å². The van der Waals surface area contributed by atoms with Crippen molar-refractivity contribution in [1.29, 1.82) is 0 Å². The number of amides is 1. The number of rotatable bonds is 3. The highest BCUT2D eigenvalue weighted by Gasteiger charge is 2.40. The molecule has 0 bridgehead atoms. The standard InChI is InChI=1S/C14H24N2O2S/c1-9(2)12(13(15)19)14(17)16-7-8-18-11-6-4-3-5-10(11)16/h9-12H,3-8H2,1-2H3,(H2,15,19). The van der Waals surface area contributed by atoms with E-state index >= 15 is 0 Å². The van der Waals surface area contributed by atoms with Crippen LogP contribution in [0.2, 0.25) is 0 Å². The van der Waals surface area contributed by atoms with Crippen molar-refractivity contribution in [3.63, 3.8) is 0 Å². The summed E-state index contributed by atoms with van der Waals surface area (Å²) in [5.74, 6) is -0.0896. The van der Waals surface area contributed by atoms with Gasteiger partial charge in [-0.3, -0.25) is 4.79 Å². The quantitative estimate of drug-likeness (QED) is 0.802. The van der Waals surface area contributed by atoms with Crippen molar-refractivity contribution < 1.29 is 9.53 Å². The molecule has 0 aromatic carbocycles. The average molecular weight is 284 g/mol. The SMILES string of the molecule is CC(C)C(C(=O)N1CCOC2CCCCC21)C(N)=S. The number of nitrogens with two attached hydrogens (primary N) is 1. The second-order valence-corrected chi connectivity index (χ2v) is 6.39. The molecule has 2 rings (SSSR count). The molecule has 3 unspecified atom stereocenters. The summed E-state index contributed by atoms with van der Waals surface area (Å²) in [4.78, 5) is 15.0. The van der Waals surface area contributed by atoms with Crippen molar-refractivity contribution in [2.45, 2.75) is 51.7 Å². The Balaban J connectivity index is 2.14. The topological polar surface area (TPSA) is 55.6 Å². The van der Waals surface area contributed by atoms with E-state index in [1.54, 1.807) is 0 Å². The zero-order valence-corrected chi connectivity index (χ0v) is 12.6. The number of morpholine rings is 1. The molecule has 0 aromatic heterocycles. The summed E-state index contributed by atoms with van der Waals surface area (Å²) in [6, 6.07) is 0.227. The second kappa shape index (κ2) is 6.18. The molecule has 1 saturated carbocycles. The Morgan fingerprint density at radius 1 is 1.37 bits per heavy atom. The zero-order chi connectivity index (χ0) is 14.0. The molecule has 1 aliphatic heterocycles. The van der Waals surface area contributed by atoms with Crippen LogP contribution in [0.15, 0.2) is 0 Å². The van der Waals surface area contributed by atoms with E-state index in [0.717, 1.165) is 12.8 Å².